The third kappa shape index (κ3) is 5.36. The van der Waals surface area contributed by atoms with Gasteiger partial charge in [-0.25, -0.2) is 13.2 Å². The zero-order chi connectivity index (χ0) is 21.0. The summed E-state index contributed by atoms with van der Waals surface area (Å²) in [4.78, 5) is 24.7. The number of rotatable bonds is 6. The molecule has 1 amide bonds. The van der Waals surface area contributed by atoms with Crippen LogP contribution >= 0.6 is 0 Å². The lowest BCUT2D eigenvalue weighted by Gasteiger charge is -2.29. The normalized spacial score (nSPS) is 20.3. The van der Waals surface area contributed by atoms with Gasteiger partial charge in [-0.1, -0.05) is 19.8 Å². The van der Waals surface area contributed by atoms with E-state index in [1.807, 2.05) is 0 Å². The molecule has 29 heavy (non-hydrogen) atoms. The van der Waals surface area contributed by atoms with Crippen LogP contribution in [0.5, 0.6) is 0 Å². The van der Waals surface area contributed by atoms with Crippen LogP contribution in [0.15, 0.2) is 29.2 Å². The van der Waals surface area contributed by atoms with Gasteiger partial charge in [-0.05, 0) is 62.8 Å². The van der Waals surface area contributed by atoms with Crippen LogP contribution in [0.1, 0.15) is 62.7 Å². The molecule has 2 aliphatic rings. The molecule has 0 aromatic heterocycles. The number of piperidine rings is 1. The number of carbonyl (C=O) groups is 2. The summed E-state index contributed by atoms with van der Waals surface area (Å²) >= 11 is 0. The van der Waals surface area contributed by atoms with E-state index in [0.29, 0.717) is 19.0 Å². The molecule has 1 aromatic rings. The number of amides is 1. The molecule has 3 rings (SSSR count). The molecule has 1 aliphatic heterocycles. The highest BCUT2D eigenvalue weighted by Crippen LogP contribution is 2.24. The minimum Gasteiger partial charge on any atom is -0.449 e. The van der Waals surface area contributed by atoms with Gasteiger partial charge in [0.2, 0.25) is 10.0 Å². The van der Waals surface area contributed by atoms with Crippen molar-refractivity contribution in [3.8, 4) is 0 Å². The molecule has 0 spiro atoms. The number of esters is 1. The number of nitrogens with zero attached hydrogens (tertiary/aromatic N) is 1. The van der Waals surface area contributed by atoms with Crippen LogP contribution in [0.2, 0.25) is 0 Å². The number of carbonyl (C=O) groups excluding carboxylic acids is 2. The number of hydrogen-bond donors (Lipinski definition) is 1. The van der Waals surface area contributed by atoms with Crippen molar-refractivity contribution >= 4 is 21.9 Å². The number of benzene rings is 1. The maximum Gasteiger partial charge on any atom is 0.338 e. The first-order valence-electron chi connectivity index (χ1n) is 10.4. The lowest BCUT2D eigenvalue weighted by atomic mass is 10.0. The molecule has 8 heteroatoms. The second kappa shape index (κ2) is 9.26. The Labute approximate surface area is 172 Å². The van der Waals surface area contributed by atoms with Crippen LogP contribution in [0, 0.1) is 5.92 Å². The van der Waals surface area contributed by atoms with Gasteiger partial charge in [0, 0.05) is 19.1 Å². The fraction of sp³-hybridized carbons (Fsp3) is 0.619. The molecule has 0 unspecified atom stereocenters. The van der Waals surface area contributed by atoms with Crippen LogP contribution in [-0.4, -0.2) is 49.8 Å². The monoisotopic (exact) mass is 422 g/mol. The summed E-state index contributed by atoms with van der Waals surface area (Å²) in [5.41, 5.74) is 0.219. The number of nitrogens with one attached hydrogen (secondary N) is 1. The molecule has 1 atom stereocenters. The third-order valence-corrected chi connectivity index (χ3v) is 7.74. The topological polar surface area (TPSA) is 92.8 Å². The molecule has 1 saturated heterocycles. The SMILES string of the molecule is CC1CCN(S(=O)(=O)c2ccc(C(=O)O[C@H](C)C(=O)NC3CCCC3)cc2)CC1. The van der Waals surface area contributed by atoms with Gasteiger partial charge in [-0.2, -0.15) is 4.31 Å². The van der Waals surface area contributed by atoms with Gasteiger partial charge in [-0.15, -0.1) is 0 Å². The molecule has 1 N–H and O–H groups in total. The Balaban J connectivity index is 1.58. The van der Waals surface area contributed by atoms with Gasteiger partial charge in [0.25, 0.3) is 5.91 Å². The predicted molar refractivity (Wildman–Crippen MR) is 109 cm³/mol. The lowest BCUT2D eigenvalue weighted by Crippen LogP contribution is -2.40. The van der Waals surface area contributed by atoms with Crippen LogP contribution in [0.3, 0.4) is 0 Å². The second-order valence-electron chi connectivity index (χ2n) is 8.15. The fourth-order valence-corrected chi connectivity index (χ4v) is 5.28. The van der Waals surface area contributed by atoms with Crippen molar-refractivity contribution in [3.05, 3.63) is 29.8 Å². The highest BCUT2D eigenvalue weighted by molar-refractivity contribution is 7.89. The third-order valence-electron chi connectivity index (χ3n) is 5.82. The van der Waals surface area contributed by atoms with Crippen molar-refractivity contribution < 1.29 is 22.7 Å². The maximum absolute atomic E-state index is 12.8. The van der Waals surface area contributed by atoms with Crippen LogP contribution in [0.4, 0.5) is 0 Å². The Morgan fingerprint density at radius 3 is 2.24 bits per heavy atom. The first kappa shape index (κ1) is 21.8. The highest BCUT2D eigenvalue weighted by Gasteiger charge is 2.28. The lowest BCUT2D eigenvalue weighted by molar-refractivity contribution is -0.129. The molecule has 2 fully saturated rings. The van der Waals surface area contributed by atoms with E-state index in [-0.39, 0.29) is 22.4 Å². The summed E-state index contributed by atoms with van der Waals surface area (Å²) in [7, 11) is -3.56. The minimum absolute atomic E-state index is 0.158. The van der Waals surface area contributed by atoms with Crippen molar-refractivity contribution in [1.29, 1.82) is 0 Å². The Hall–Kier alpha value is -1.93. The quantitative estimate of drug-likeness (QED) is 0.712. The second-order valence-corrected chi connectivity index (χ2v) is 10.1. The summed E-state index contributed by atoms with van der Waals surface area (Å²) in [6, 6.07) is 5.87. The van der Waals surface area contributed by atoms with Crippen LogP contribution < -0.4 is 5.32 Å². The number of hydrogen-bond acceptors (Lipinski definition) is 5. The molecule has 1 heterocycles. The minimum atomic E-state index is -3.56. The molecule has 1 aromatic carbocycles. The average Bonchev–Trinajstić information content (AvgIpc) is 3.21. The summed E-state index contributed by atoms with van der Waals surface area (Å²) < 4.78 is 32.3. The van der Waals surface area contributed by atoms with E-state index in [0.717, 1.165) is 38.5 Å². The Kier molecular flexibility index (Phi) is 6.95. The van der Waals surface area contributed by atoms with E-state index >= 15 is 0 Å². The van der Waals surface area contributed by atoms with Crippen molar-refractivity contribution in [1.82, 2.24) is 9.62 Å². The van der Waals surface area contributed by atoms with Gasteiger partial charge < -0.3 is 10.1 Å². The predicted octanol–water partition coefficient (Wildman–Crippen LogP) is 2.71. The Bertz CT molecular complexity index is 823. The maximum atomic E-state index is 12.8. The Morgan fingerprint density at radius 1 is 1.07 bits per heavy atom. The molecule has 7 nitrogen and oxygen atoms in total. The molecule has 0 radical (unpaired) electrons. The Morgan fingerprint density at radius 2 is 1.66 bits per heavy atom. The molecular formula is C21H30N2O5S. The summed E-state index contributed by atoms with van der Waals surface area (Å²) in [5, 5.41) is 2.90. The van der Waals surface area contributed by atoms with E-state index in [9.17, 15) is 18.0 Å². The summed E-state index contributed by atoms with van der Waals surface area (Å²) in [6.45, 7) is 4.69. The van der Waals surface area contributed by atoms with Crippen molar-refractivity contribution in [2.45, 2.75) is 69.4 Å². The van der Waals surface area contributed by atoms with Crippen LogP contribution in [-0.2, 0) is 19.6 Å². The van der Waals surface area contributed by atoms with E-state index < -0.39 is 22.1 Å². The largest absolute Gasteiger partial charge is 0.449 e. The average molecular weight is 423 g/mol. The molecule has 0 bridgehead atoms. The van der Waals surface area contributed by atoms with Gasteiger partial charge in [-0.3, -0.25) is 4.79 Å². The first-order valence-corrected chi connectivity index (χ1v) is 11.8. The van der Waals surface area contributed by atoms with Crippen molar-refractivity contribution in [2.24, 2.45) is 5.92 Å². The fourth-order valence-electron chi connectivity index (χ4n) is 3.81. The zero-order valence-electron chi connectivity index (χ0n) is 17.1. The summed E-state index contributed by atoms with van der Waals surface area (Å²) in [6.07, 6.45) is 4.92. The van der Waals surface area contributed by atoms with Gasteiger partial charge in [0.1, 0.15) is 0 Å². The van der Waals surface area contributed by atoms with E-state index in [1.54, 1.807) is 6.92 Å². The van der Waals surface area contributed by atoms with E-state index in [2.05, 4.69) is 12.2 Å². The first-order chi connectivity index (χ1) is 13.8. The van der Waals surface area contributed by atoms with E-state index in [1.165, 1.54) is 28.6 Å². The number of sulfonamides is 1. The van der Waals surface area contributed by atoms with Crippen LogP contribution in [0.25, 0.3) is 0 Å². The number of ether oxygens (including phenoxy) is 1. The summed E-state index contributed by atoms with van der Waals surface area (Å²) in [5.74, 6) is -0.412. The molecule has 1 saturated carbocycles. The smallest absolute Gasteiger partial charge is 0.338 e. The zero-order valence-corrected chi connectivity index (χ0v) is 17.9. The highest BCUT2D eigenvalue weighted by atomic mass is 32.2. The molecule has 160 valence electrons. The molecular weight excluding hydrogens is 392 g/mol. The molecule has 1 aliphatic carbocycles. The van der Waals surface area contributed by atoms with Crippen molar-refractivity contribution in [2.75, 3.05) is 13.1 Å². The van der Waals surface area contributed by atoms with Gasteiger partial charge in [0.05, 0.1) is 10.5 Å². The van der Waals surface area contributed by atoms with E-state index in [4.69, 9.17) is 4.74 Å². The standard InChI is InChI=1S/C21H30N2O5S/c1-15-11-13-23(14-12-15)29(26,27)19-9-7-17(8-10-19)21(25)28-16(2)20(24)22-18-5-3-4-6-18/h7-10,15-16,18H,3-6,11-14H2,1-2H3,(H,22,24)/t16-/m1/s1. The van der Waals surface area contributed by atoms with Gasteiger partial charge >= 0.3 is 5.97 Å². The van der Waals surface area contributed by atoms with Crippen molar-refractivity contribution in [3.63, 3.8) is 0 Å². The van der Waals surface area contributed by atoms with Gasteiger partial charge in [0.15, 0.2) is 6.10 Å².